The monoisotopic (exact) mass is 661 g/mol. The van der Waals surface area contributed by atoms with Crippen molar-refractivity contribution in [3.8, 4) is 0 Å². The zero-order valence-electron chi connectivity index (χ0n) is 30.4. The minimum absolute atomic E-state index is 0.105. The van der Waals surface area contributed by atoms with E-state index in [2.05, 4.69) is 50.3 Å². The summed E-state index contributed by atoms with van der Waals surface area (Å²) < 4.78 is 10.5. The molecule has 0 rings (SSSR count). The maximum atomic E-state index is 12.1. The highest BCUT2D eigenvalue weighted by Gasteiger charge is 2.16. The van der Waals surface area contributed by atoms with Crippen molar-refractivity contribution in [2.75, 3.05) is 13.2 Å². The lowest BCUT2D eigenvalue weighted by molar-refractivity contribution is -0.161. The largest absolute Gasteiger partial charge is 0.462 e. The fraction of sp³-hybridized carbons (Fsp3) is 0.756. The number of allylic oxidation sites excluding steroid dienone is 7. The molecule has 2 N–H and O–H groups in total. The third kappa shape index (κ3) is 35.0. The molecule has 0 unspecified atom stereocenters. The van der Waals surface area contributed by atoms with Gasteiger partial charge in [0.15, 0.2) is 6.10 Å². The molecule has 0 bridgehead atoms. The molecule has 272 valence electrons. The first-order valence-corrected chi connectivity index (χ1v) is 19.3. The molecule has 0 aromatic rings. The van der Waals surface area contributed by atoms with E-state index < -0.39 is 6.10 Å². The Bertz CT molecular complexity index is 815. The fourth-order valence-corrected chi connectivity index (χ4v) is 5.21. The summed E-state index contributed by atoms with van der Waals surface area (Å²) in [5.41, 5.74) is 0. The second-order valence-electron chi connectivity index (χ2n) is 12.8. The molecule has 0 heterocycles. The van der Waals surface area contributed by atoms with Gasteiger partial charge in [0.25, 0.3) is 0 Å². The third-order valence-corrected chi connectivity index (χ3v) is 8.20. The van der Waals surface area contributed by atoms with Crippen molar-refractivity contribution in [1.82, 2.24) is 0 Å². The summed E-state index contributed by atoms with van der Waals surface area (Å²) in [5.74, 6) is -0.677. The van der Waals surface area contributed by atoms with Crippen molar-refractivity contribution in [2.24, 2.45) is 0 Å². The second-order valence-corrected chi connectivity index (χ2v) is 12.8. The molecule has 47 heavy (non-hydrogen) atoms. The maximum Gasteiger partial charge on any atom is 0.306 e. The van der Waals surface area contributed by atoms with Crippen LogP contribution in [0.15, 0.2) is 48.6 Å². The van der Waals surface area contributed by atoms with Crippen LogP contribution in [0.3, 0.4) is 0 Å². The van der Waals surface area contributed by atoms with Gasteiger partial charge >= 0.3 is 11.9 Å². The minimum atomic E-state index is -0.802. The quantitative estimate of drug-likeness (QED) is 0.0405. The van der Waals surface area contributed by atoms with Crippen molar-refractivity contribution in [2.45, 2.75) is 187 Å². The Labute approximate surface area is 289 Å². The van der Waals surface area contributed by atoms with E-state index in [-0.39, 0.29) is 31.3 Å². The van der Waals surface area contributed by atoms with E-state index in [0.717, 1.165) is 64.2 Å². The van der Waals surface area contributed by atoms with Gasteiger partial charge in [0.05, 0.1) is 12.7 Å². The van der Waals surface area contributed by atoms with Crippen molar-refractivity contribution < 1.29 is 29.3 Å². The van der Waals surface area contributed by atoms with Gasteiger partial charge in [0, 0.05) is 12.8 Å². The molecule has 0 aromatic heterocycles. The van der Waals surface area contributed by atoms with Crippen molar-refractivity contribution in [1.29, 1.82) is 0 Å². The lowest BCUT2D eigenvalue weighted by Crippen LogP contribution is -2.28. The summed E-state index contributed by atoms with van der Waals surface area (Å²) >= 11 is 0. The molecule has 0 aliphatic heterocycles. The highest BCUT2D eigenvalue weighted by Crippen LogP contribution is 2.14. The molecule has 0 amide bonds. The van der Waals surface area contributed by atoms with Crippen LogP contribution < -0.4 is 0 Å². The Morgan fingerprint density at radius 1 is 0.574 bits per heavy atom. The highest BCUT2D eigenvalue weighted by atomic mass is 16.6. The standard InChI is InChI=1S/C41H72O6/c1-3-5-7-8-9-10-11-12-13-14-19-22-25-28-31-35-41(45)47-39(36-42)37-46-40(44)34-30-27-24-21-18-16-15-17-20-23-26-29-33-38(43)32-6-4-2/h15-16,20-21,23-24,29,33,38-39,42-43H,3-14,17-19,22,25-28,30-32,34-37H2,1-2H3/b16-15-,23-20-,24-21-,33-29-/t38-,39-/m0/s1. The zero-order chi connectivity index (χ0) is 34.5. The minimum Gasteiger partial charge on any atom is -0.462 e. The van der Waals surface area contributed by atoms with Crippen LogP contribution in [0.25, 0.3) is 0 Å². The summed E-state index contributed by atoms with van der Waals surface area (Å²) in [6, 6.07) is 0. The number of aliphatic hydroxyl groups is 2. The predicted octanol–water partition coefficient (Wildman–Crippen LogP) is 10.8. The molecular formula is C41H72O6. The number of carbonyl (C=O) groups is 2. The van der Waals surface area contributed by atoms with Gasteiger partial charge in [-0.05, 0) is 44.9 Å². The first kappa shape index (κ1) is 44.8. The van der Waals surface area contributed by atoms with E-state index in [1.54, 1.807) is 0 Å². The first-order valence-electron chi connectivity index (χ1n) is 19.3. The second kappa shape index (κ2) is 36.7. The summed E-state index contributed by atoms with van der Waals surface area (Å²) in [5, 5.41) is 19.3. The normalized spacial score (nSPS) is 13.4. The molecule has 6 heteroatoms. The number of hydrogen-bond donors (Lipinski definition) is 2. The number of carbonyl (C=O) groups excluding carboxylic acids is 2. The van der Waals surface area contributed by atoms with E-state index in [1.165, 1.54) is 77.0 Å². The number of aliphatic hydroxyl groups excluding tert-OH is 2. The van der Waals surface area contributed by atoms with E-state index in [9.17, 15) is 19.8 Å². The maximum absolute atomic E-state index is 12.1. The van der Waals surface area contributed by atoms with E-state index >= 15 is 0 Å². The molecule has 0 fully saturated rings. The van der Waals surface area contributed by atoms with Crippen LogP contribution in [0.1, 0.15) is 174 Å². The SMILES string of the molecule is CCCCCCCCCCCCCCCCCC(=O)O[C@@H](CO)COC(=O)CCC/C=C\C/C=C\C/C=C\C/C=C\[C@@H](O)CCCC. The van der Waals surface area contributed by atoms with Gasteiger partial charge in [-0.25, -0.2) is 0 Å². The zero-order valence-corrected chi connectivity index (χ0v) is 30.4. The molecular weight excluding hydrogens is 588 g/mol. The molecule has 0 aromatic carbocycles. The van der Waals surface area contributed by atoms with Gasteiger partial charge < -0.3 is 19.7 Å². The topological polar surface area (TPSA) is 93.1 Å². The molecule has 2 atom stereocenters. The molecule has 0 aliphatic rings. The Morgan fingerprint density at radius 2 is 1.04 bits per heavy atom. The number of esters is 2. The number of hydrogen-bond acceptors (Lipinski definition) is 6. The van der Waals surface area contributed by atoms with E-state index in [4.69, 9.17) is 9.47 Å². The lowest BCUT2D eigenvalue weighted by Gasteiger charge is -2.15. The lowest BCUT2D eigenvalue weighted by atomic mass is 10.0. The van der Waals surface area contributed by atoms with Gasteiger partial charge in [0.1, 0.15) is 6.61 Å². The van der Waals surface area contributed by atoms with Crippen molar-refractivity contribution in [3.63, 3.8) is 0 Å². The Hall–Kier alpha value is -2.18. The van der Waals surface area contributed by atoms with Gasteiger partial charge in [-0.15, -0.1) is 0 Å². The Morgan fingerprint density at radius 3 is 1.57 bits per heavy atom. The van der Waals surface area contributed by atoms with Crippen molar-refractivity contribution >= 4 is 11.9 Å². The van der Waals surface area contributed by atoms with E-state index in [1.807, 2.05) is 12.2 Å². The highest BCUT2D eigenvalue weighted by molar-refractivity contribution is 5.70. The number of unbranched alkanes of at least 4 members (excludes halogenated alkanes) is 16. The Kier molecular flexibility index (Phi) is 35.0. The van der Waals surface area contributed by atoms with Crippen LogP contribution in [-0.4, -0.2) is 47.6 Å². The Balaban J connectivity index is 3.69. The average Bonchev–Trinajstić information content (AvgIpc) is 3.07. The average molecular weight is 661 g/mol. The van der Waals surface area contributed by atoms with Crippen LogP contribution >= 0.6 is 0 Å². The summed E-state index contributed by atoms with van der Waals surface area (Å²) in [6.07, 6.45) is 42.2. The molecule has 0 spiro atoms. The van der Waals surface area contributed by atoms with Gasteiger partial charge in [-0.2, -0.15) is 0 Å². The predicted molar refractivity (Wildman–Crippen MR) is 197 cm³/mol. The van der Waals surface area contributed by atoms with Crippen LogP contribution in [0.4, 0.5) is 0 Å². The smallest absolute Gasteiger partial charge is 0.306 e. The van der Waals surface area contributed by atoms with Crippen LogP contribution in [0.2, 0.25) is 0 Å². The summed E-state index contributed by atoms with van der Waals surface area (Å²) in [7, 11) is 0. The molecule has 6 nitrogen and oxygen atoms in total. The van der Waals surface area contributed by atoms with Crippen molar-refractivity contribution in [3.05, 3.63) is 48.6 Å². The van der Waals surface area contributed by atoms with Crippen LogP contribution in [0, 0.1) is 0 Å². The molecule has 0 radical (unpaired) electrons. The molecule has 0 aliphatic carbocycles. The van der Waals surface area contributed by atoms with Crippen LogP contribution in [-0.2, 0) is 19.1 Å². The number of rotatable bonds is 34. The molecule has 0 saturated heterocycles. The summed E-state index contributed by atoms with van der Waals surface area (Å²) in [6.45, 7) is 3.93. The van der Waals surface area contributed by atoms with Gasteiger partial charge in [-0.3, -0.25) is 9.59 Å². The molecule has 0 saturated carbocycles. The van der Waals surface area contributed by atoms with Crippen LogP contribution in [0.5, 0.6) is 0 Å². The van der Waals surface area contributed by atoms with Gasteiger partial charge in [-0.1, -0.05) is 165 Å². The van der Waals surface area contributed by atoms with Gasteiger partial charge in [0.2, 0.25) is 0 Å². The first-order chi connectivity index (χ1) is 23.0. The summed E-state index contributed by atoms with van der Waals surface area (Å²) in [4.78, 5) is 24.2. The number of ether oxygens (including phenoxy) is 2. The van der Waals surface area contributed by atoms with E-state index in [0.29, 0.717) is 19.3 Å². The fourth-order valence-electron chi connectivity index (χ4n) is 5.21. The third-order valence-electron chi connectivity index (χ3n) is 8.20.